The van der Waals surface area contributed by atoms with Crippen molar-refractivity contribution in [1.82, 2.24) is 60.6 Å². The van der Waals surface area contributed by atoms with Gasteiger partial charge in [0.2, 0.25) is 11.8 Å². The third kappa shape index (κ3) is 39.3. The largest absolute Gasteiger partial charge is 0.425 e. The molecule has 10 rings (SSSR count). The highest BCUT2D eigenvalue weighted by Crippen LogP contribution is 2.33. The molecule has 0 spiro atoms. The van der Waals surface area contributed by atoms with Crippen LogP contribution in [0.4, 0.5) is 5.69 Å². The third-order valence-corrected chi connectivity index (χ3v) is 26.1. The number of imide groups is 7. The molecule has 5 fully saturated rings. The molecule has 2 aromatic rings. The van der Waals surface area contributed by atoms with Crippen molar-refractivity contribution in [3.8, 4) is 0 Å². The summed E-state index contributed by atoms with van der Waals surface area (Å²) in [5, 5.41) is 12.4. The maximum absolute atomic E-state index is 12.0. The number of Topliss-reactive ketones (excluding diaryl/α,β-unsaturated/α-hetero) is 2. The van der Waals surface area contributed by atoms with Crippen LogP contribution in [-0.2, 0) is 180 Å². The fourth-order valence-corrected chi connectivity index (χ4v) is 17.4. The highest BCUT2D eigenvalue weighted by molar-refractivity contribution is 8.77. The SMILES string of the molecule is C=C1CCC(=O)N1OC(=O)CCCC(=O)CNC(=O)CCC(=O)CNC(=O)CCCN1C(=O)C=CC1=O.O=C(CCCN1C(=O)C=CC1=O)ON1C(=O)CCC1=O.O=C(ON1C(=O)CCC1=O)C(CCN1C(=O)C=CC1=O)S(=O)(=O)O.O=C(ON1C(=O)CCC1=O)C(CCSSc1ccc([N+](=O)[O-])cn1)S(=O)(=O)O.O=C(ON1C(=O)CCC1=O)C(CCSSc1ccccn1)S(=O)(=O)O.O=S(=O)=O. The van der Waals surface area contributed by atoms with Crippen LogP contribution < -0.4 is 10.6 Å². The molecule has 2 aromatic heterocycles. The van der Waals surface area contributed by atoms with E-state index in [2.05, 4.69) is 46.5 Å². The highest BCUT2D eigenvalue weighted by atomic mass is 33.1. The van der Waals surface area contributed by atoms with Crippen LogP contribution >= 0.6 is 43.2 Å². The Bertz CT molecular complexity index is 5590. The van der Waals surface area contributed by atoms with Gasteiger partial charge in [0, 0.05) is 176 Å². The van der Waals surface area contributed by atoms with E-state index >= 15 is 0 Å². The van der Waals surface area contributed by atoms with E-state index in [0.717, 1.165) is 79.1 Å². The Morgan fingerprint density at radius 2 is 0.746 bits per heavy atom. The molecule has 0 saturated carbocycles. The second kappa shape index (κ2) is 55.6. The first-order valence-electron chi connectivity index (χ1n) is 39.7. The van der Waals surface area contributed by atoms with Gasteiger partial charge in [-0.15, -0.1) is 37.9 Å². The van der Waals surface area contributed by atoms with Crippen LogP contribution in [0.5, 0.6) is 0 Å². The van der Waals surface area contributed by atoms with E-state index in [1.165, 1.54) is 33.7 Å². The predicted molar refractivity (Wildman–Crippen MR) is 457 cm³/mol. The molecule has 64 heteroatoms. The lowest BCUT2D eigenvalue weighted by Gasteiger charge is -2.19. The molecule has 10 heterocycles. The van der Waals surface area contributed by atoms with Crippen molar-refractivity contribution in [3.05, 3.63) is 102 Å². The number of hydrogen-bond donors (Lipinski definition) is 5. The second-order valence-electron chi connectivity index (χ2n) is 28.1. The van der Waals surface area contributed by atoms with E-state index in [1.54, 1.807) is 24.4 Å². The Morgan fingerprint density at radius 3 is 1.09 bits per heavy atom. The van der Waals surface area contributed by atoms with Gasteiger partial charge in [-0.3, -0.25) is 130 Å². The van der Waals surface area contributed by atoms with Crippen LogP contribution in [0.2, 0.25) is 0 Å². The first kappa shape index (κ1) is 115. The summed E-state index contributed by atoms with van der Waals surface area (Å²) in [7, 11) is -13.0. The second-order valence-corrected chi connectivity index (χ2v) is 38.2. The molecular formula is C74H81N13O43S8. The molecule has 3 atom stereocenters. The number of nitrogens with one attached hydrogen (secondary N) is 2. The summed E-state index contributed by atoms with van der Waals surface area (Å²) in [6.45, 7) is 2.82. The summed E-state index contributed by atoms with van der Waals surface area (Å²) in [5.41, 5.74) is 0.218. The fraction of sp³-hybridized carbons (Fsp3) is 0.432. The lowest BCUT2D eigenvalue weighted by atomic mass is 10.1. The normalized spacial score (nSPS) is 16.3. The van der Waals surface area contributed by atoms with Crippen LogP contribution in [0.1, 0.15) is 141 Å². The smallest absolute Gasteiger partial charge is 0.349 e. The van der Waals surface area contributed by atoms with Gasteiger partial charge in [0.25, 0.3) is 125 Å². The van der Waals surface area contributed by atoms with E-state index in [4.69, 9.17) is 22.0 Å². The maximum Gasteiger partial charge on any atom is 0.425 e. The zero-order valence-electron chi connectivity index (χ0n) is 71.3. The van der Waals surface area contributed by atoms with E-state index in [0.29, 0.717) is 32.1 Å². The highest BCUT2D eigenvalue weighted by Gasteiger charge is 2.44. The molecule has 748 valence electrons. The summed E-state index contributed by atoms with van der Waals surface area (Å²) in [6, 6.07) is 7.95. The Hall–Kier alpha value is -13.5. The van der Waals surface area contributed by atoms with Crippen LogP contribution in [0.3, 0.4) is 0 Å². The molecule has 56 nitrogen and oxygen atoms in total. The van der Waals surface area contributed by atoms with Gasteiger partial charge in [-0.2, -0.15) is 25.3 Å². The number of hydroxylamine groups is 10. The first-order valence-corrected chi connectivity index (χ1v) is 49.9. The van der Waals surface area contributed by atoms with Gasteiger partial charge in [-0.25, -0.2) is 33.9 Å². The van der Waals surface area contributed by atoms with Gasteiger partial charge in [0.15, 0.2) is 27.3 Å². The zero-order valence-corrected chi connectivity index (χ0v) is 77.8. The summed E-state index contributed by atoms with van der Waals surface area (Å²) < 4.78 is 121. The molecular weight excluding hydrogens is 2020 g/mol. The molecule has 0 radical (unpaired) electrons. The van der Waals surface area contributed by atoms with Gasteiger partial charge in [0.1, 0.15) is 16.2 Å². The lowest BCUT2D eigenvalue weighted by molar-refractivity contribution is -0.385. The van der Waals surface area contributed by atoms with Crippen LogP contribution in [0.15, 0.2) is 102 Å². The average molecular weight is 2100 g/mol. The number of amides is 17. The minimum Gasteiger partial charge on any atom is -0.349 e. The maximum atomic E-state index is 12.0. The Balaban J connectivity index is 0.000000305. The average Bonchev–Trinajstić information content (AvgIpc) is 1.55. The van der Waals surface area contributed by atoms with Crippen molar-refractivity contribution in [2.24, 2.45) is 0 Å². The zero-order chi connectivity index (χ0) is 103. The van der Waals surface area contributed by atoms with Crippen molar-refractivity contribution in [2.45, 2.75) is 167 Å². The number of hydrogen-bond acceptors (Lipinski definition) is 46. The quantitative estimate of drug-likeness (QED) is 0.0121. The van der Waals surface area contributed by atoms with Crippen molar-refractivity contribution < 1.29 is 196 Å². The lowest BCUT2D eigenvalue weighted by Crippen LogP contribution is -2.42. The predicted octanol–water partition coefficient (Wildman–Crippen LogP) is -1.87. The van der Waals surface area contributed by atoms with Gasteiger partial charge in [-0.05, 0) is 84.7 Å². The van der Waals surface area contributed by atoms with Crippen molar-refractivity contribution in [2.75, 3.05) is 44.2 Å². The number of pyridine rings is 2. The minimum atomic E-state index is -4.96. The van der Waals surface area contributed by atoms with Crippen molar-refractivity contribution >= 4 is 232 Å². The Morgan fingerprint density at radius 1 is 0.420 bits per heavy atom. The third-order valence-electron chi connectivity index (χ3n) is 18.0. The molecule has 17 amide bonds. The van der Waals surface area contributed by atoms with Crippen LogP contribution in [0.25, 0.3) is 0 Å². The van der Waals surface area contributed by atoms with Crippen LogP contribution in [-0.4, -0.2) is 308 Å². The molecule has 0 aliphatic carbocycles. The number of carbonyl (C=O) groups excluding carboxylic acids is 24. The summed E-state index contributed by atoms with van der Waals surface area (Å²) in [6.07, 6.45) is 7.97. The number of nitro groups is 1. The molecule has 138 heavy (non-hydrogen) atoms. The number of allylic oxidation sites excluding steroid dienone is 1. The van der Waals surface area contributed by atoms with Gasteiger partial charge < -0.3 is 34.8 Å². The molecule has 3 unspecified atom stereocenters. The van der Waals surface area contributed by atoms with E-state index < -0.39 is 199 Å². The minimum absolute atomic E-state index is 0.0197. The van der Waals surface area contributed by atoms with Gasteiger partial charge in [-0.1, -0.05) is 34.2 Å². The van der Waals surface area contributed by atoms with E-state index in [9.17, 15) is 160 Å². The van der Waals surface area contributed by atoms with E-state index in [-0.39, 0.29) is 204 Å². The number of rotatable bonds is 44. The molecule has 8 aliphatic rings. The molecule has 8 aliphatic heterocycles. The fourth-order valence-electron chi connectivity index (χ4n) is 11.1. The number of nitrogens with zero attached hydrogens (tertiary/aromatic N) is 11. The number of carbonyl (C=O) groups is 24. The van der Waals surface area contributed by atoms with Crippen molar-refractivity contribution in [3.63, 3.8) is 0 Å². The Labute approximate surface area is 796 Å². The molecule has 5 saturated heterocycles. The molecule has 0 bridgehead atoms. The van der Waals surface area contributed by atoms with Gasteiger partial charge >= 0.3 is 40.5 Å². The molecule has 5 N–H and O–H groups in total. The Kier molecular flexibility index (Phi) is 46.4. The topological polar surface area (TPSA) is 789 Å². The summed E-state index contributed by atoms with van der Waals surface area (Å²) in [5.74, 6) is -16.4. The van der Waals surface area contributed by atoms with E-state index in [1.807, 2.05) is 0 Å². The monoisotopic (exact) mass is 2100 g/mol. The first-order chi connectivity index (χ1) is 64.8. The van der Waals surface area contributed by atoms with Crippen molar-refractivity contribution in [1.29, 1.82) is 0 Å². The standard InChI is InChI=1S/C24H30N4O9.C13H13N3O9S3.C13H14N2O7S3.C12H12N2O9S.C12H12N2O6.O3S/c1-16-7-10-23(35)28(16)37-24(36)6-2-4-17(29)14-26-20(32)9-8-18(30)15-25-19(31)5-3-13-27-21(33)11-12-22(27)34;17-11-3-4-12(18)15(11)25-13(19)9(28(22,23)24)5-6-26-27-10-2-1-8(7-14-10)16(20)21;16-11-4-5-12(17)15(11)22-13(18)9(25(19,20)21)6-8-23-24-10-3-1-2-7-14-10;15-8-1-2-9(16)13(8)6-5-7(24(20,21)22)12(19)23-14-10(17)3-4-11(14)18;15-8-3-4-9(16)13(8)7-1-2-12(19)20-14-10(17)5-6-11(14)18;1-4(2)3/h11-12H,1-10,13-15H2,(H,25,31)(H,26,32);1-2,7,9H,3-6H2,(H,22,23,24);1-3,7,9H,4-6,8H2,(H,19,20,21);1-2,7H,3-6H2,(H,20,21,22);3-4H,1-2,5-7H2;. The van der Waals surface area contributed by atoms with Crippen LogP contribution in [0, 0.1) is 10.1 Å². The number of ketones is 2. The summed E-state index contributed by atoms with van der Waals surface area (Å²) >= 11 is 0. The molecule has 0 aromatic carbocycles. The number of aromatic nitrogens is 2. The summed E-state index contributed by atoms with van der Waals surface area (Å²) in [4.78, 5) is 321. The van der Waals surface area contributed by atoms with Gasteiger partial charge in [0.05, 0.1) is 23.7 Å².